The molecule has 2 saturated carbocycles. The number of fused-ring (bicyclic) bond motifs is 2. The summed E-state index contributed by atoms with van der Waals surface area (Å²) in [5, 5.41) is 5.73. The molecule has 4 atom stereocenters. The van der Waals surface area contributed by atoms with E-state index in [1.165, 1.54) is 30.7 Å². The van der Waals surface area contributed by atoms with E-state index in [0.29, 0.717) is 11.5 Å². The molecule has 0 aromatic heterocycles. The third-order valence-corrected chi connectivity index (χ3v) is 8.13. The molecule has 156 valence electrons. The number of hydrogen-bond acceptors (Lipinski definition) is 3. The molecule has 0 unspecified atom stereocenters. The predicted molar refractivity (Wildman–Crippen MR) is 105 cm³/mol. The lowest BCUT2D eigenvalue weighted by Crippen LogP contribution is -2.50. The van der Waals surface area contributed by atoms with E-state index >= 15 is 0 Å². The first-order chi connectivity index (χ1) is 13.5. The van der Waals surface area contributed by atoms with E-state index < -0.39 is 23.3 Å². The number of carbonyl (C=O) groups excluding carboxylic acids is 3. The van der Waals surface area contributed by atoms with Crippen LogP contribution in [-0.2, 0) is 15.1 Å². The van der Waals surface area contributed by atoms with Crippen LogP contribution in [0.5, 0.6) is 0 Å². The number of carbonyl (C=O) groups is 3. The number of rotatable bonds is 4. The van der Waals surface area contributed by atoms with Crippen LogP contribution in [0.2, 0.25) is 0 Å². The Hall–Kier alpha value is -2.44. The zero-order valence-electron chi connectivity index (χ0n) is 17.3. The van der Waals surface area contributed by atoms with E-state index in [1.807, 2.05) is 0 Å². The molecule has 4 amide bonds. The molecule has 0 spiro atoms. The molecule has 2 bridgehead atoms. The molecule has 2 N–H and O–H groups in total. The highest BCUT2D eigenvalue weighted by Crippen LogP contribution is 2.65. The third-order valence-electron chi connectivity index (χ3n) is 8.13. The second-order valence-corrected chi connectivity index (χ2v) is 9.68. The number of hydrogen-bond donors (Lipinski definition) is 2. The summed E-state index contributed by atoms with van der Waals surface area (Å²) in [5.41, 5.74) is -0.659. The van der Waals surface area contributed by atoms with Crippen molar-refractivity contribution in [3.8, 4) is 0 Å². The standard InChI is InChI=1S/C22H28FN3O3/c1-20(2)14-9-10-21(20,3)16(11-14)24-17(27)12-26-18(28)22(4,25-19(26)29)13-5-7-15(23)8-6-13/h5-8,14,16H,9-12H2,1-4H3,(H,24,27)(H,25,29)/t14-,16-,21-,22+/m1/s1. The van der Waals surface area contributed by atoms with E-state index in [9.17, 15) is 18.8 Å². The first-order valence-electron chi connectivity index (χ1n) is 10.2. The quantitative estimate of drug-likeness (QED) is 0.762. The predicted octanol–water partition coefficient (Wildman–Crippen LogP) is 2.92. The van der Waals surface area contributed by atoms with Crippen LogP contribution in [-0.4, -0.2) is 35.3 Å². The molecule has 29 heavy (non-hydrogen) atoms. The summed E-state index contributed by atoms with van der Waals surface area (Å²) >= 11 is 0. The average Bonchev–Trinajstić information content (AvgIpc) is 3.09. The van der Waals surface area contributed by atoms with Gasteiger partial charge in [-0.2, -0.15) is 0 Å². The van der Waals surface area contributed by atoms with Gasteiger partial charge in [0.1, 0.15) is 17.9 Å². The molecular formula is C22H28FN3O3. The lowest BCUT2D eigenvalue weighted by Gasteiger charge is -2.39. The Morgan fingerprint density at radius 1 is 1.21 bits per heavy atom. The lowest BCUT2D eigenvalue weighted by atomic mass is 9.69. The topological polar surface area (TPSA) is 78.5 Å². The average molecular weight is 401 g/mol. The van der Waals surface area contributed by atoms with Gasteiger partial charge in [-0.05, 0) is 60.6 Å². The summed E-state index contributed by atoms with van der Waals surface area (Å²) in [5.74, 6) is -0.681. The van der Waals surface area contributed by atoms with Crippen LogP contribution in [0, 0.1) is 22.6 Å². The zero-order valence-corrected chi connectivity index (χ0v) is 17.3. The molecule has 6 nitrogen and oxygen atoms in total. The molecule has 1 aliphatic heterocycles. The summed E-state index contributed by atoms with van der Waals surface area (Å²) in [6.45, 7) is 8.01. The molecule has 7 heteroatoms. The fraction of sp³-hybridized carbons (Fsp3) is 0.591. The number of nitrogens with zero attached hydrogens (tertiary/aromatic N) is 1. The highest BCUT2D eigenvalue weighted by atomic mass is 19.1. The van der Waals surface area contributed by atoms with Gasteiger partial charge in [-0.25, -0.2) is 9.18 Å². The summed E-state index contributed by atoms with van der Waals surface area (Å²) < 4.78 is 13.2. The smallest absolute Gasteiger partial charge is 0.325 e. The fourth-order valence-corrected chi connectivity index (χ4v) is 5.63. The van der Waals surface area contributed by atoms with Gasteiger partial charge < -0.3 is 10.6 Å². The van der Waals surface area contributed by atoms with Gasteiger partial charge in [0.05, 0.1) is 0 Å². The maximum absolute atomic E-state index is 13.2. The first kappa shape index (κ1) is 19.9. The second-order valence-electron chi connectivity index (χ2n) is 9.68. The number of urea groups is 1. The maximum atomic E-state index is 13.2. The van der Waals surface area contributed by atoms with Gasteiger partial charge in [0.25, 0.3) is 5.91 Å². The Balaban J connectivity index is 1.46. The van der Waals surface area contributed by atoms with Crippen molar-refractivity contribution < 1.29 is 18.8 Å². The summed E-state index contributed by atoms with van der Waals surface area (Å²) in [6, 6.07) is 4.86. The van der Waals surface area contributed by atoms with Gasteiger partial charge in [-0.1, -0.05) is 32.9 Å². The van der Waals surface area contributed by atoms with Gasteiger partial charge >= 0.3 is 6.03 Å². The van der Waals surface area contributed by atoms with Crippen molar-refractivity contribution in [3.63, 3.8) is 0 Å². The van der Waals surface area contributed by atoms with Gasteiger partial charge in [0.15, 0.2) is 0 Å². The van der Waals surface area contributed by atoms with Crippen molar-refractivity contribution in [2.24, 2.45) is 16.7 Å². The Labute approximate surface area is 170 Å². The Bertz CT molecular complexity index is 884. The molecule has 1 aromatic rings. The maximum Gasteiger partial charge on any atom is 0.325 e. The normalized spacial score (nSPS) is 35.1. The molecular weight excluding hydrogens is 373 g/mol. The Kier molecular flexibility index (Phi) is 4.30. The van der Waals surface area contributed by atoms with Crippen LogP contribution in [0.25, 0.3) is 0 Å². The van der Waals surface area contributed by atoms with E-state index in [2.05, 4.69) is 31.4 Å². The minimum Gasteiger partial charge on any atom is -0.351 e. The highest BCUT2D eigenvalue weighted by Gasteiger charge is 2.61. The van der Waals surface area contributed by atoms with Gasteiger partial charge in [0, 0.05) is 6.04 Å². The van der Waals surface area contributed by atoms with Crippen molar-refractivity contribution in [2.75, 3.05) is 6.54 Å². The Morgan fingerprint density at radius 3 is 2.41 bits per heavy atom. The molecule has 3 aliphatic rings. The van der Waals surface area contributed by atoms with Crippen LogP contribution in [0.1, 0.15) is 52.5 Å². The molecule has 1 aromatic carbocycles. The van der Waals surface area contributed by atoms with Gasteiger partial charge in [0.2, 0.25) is 5.91 Å². The third kappa shape index (κ3) is 2.77. The first-order valence-corrected chi connectivity index (χ1v) is 10.2. The van der Waals surface area contributed by atoms with Crippen molar-refractivity contribution in [1.29, 1.82) is 0 Å². The minimum atomic E-state index is -1.31. The van der Waals surface area contributed by atoms with Crippen molar-refractivity contribution in [3.05, 3.63) is 35.6 Å². The van der Waals surface area contributed by atoms with Gasteiger partial charge in [-0.15, -0.1) is 0 Å². The highest BCUT2D eigenvalue weighted by molar-refractivity contribution is 6.09. The number of nitrogens with one attached hydrogen (secondary N) is 2. The van der Waals surface area contributed by atoms with Crippen LogP contribution >= 0.6 is 0 Å². The van der Waals surface area contributed by atoms with Crippen molar-refractivity contribution >= 4 is 17.8 Å². The number of amides is 4. The van der Waals surface area contributed by atoms with E-state index in [4.69, 9.17) is 0 Å². The second kappa shape index (κ2) is 6.28. The SMILES string of the molecule is CC1(C)[C@@H]2CC[C@]1(C)[C@H](NC(=O)CN1C(=O)N[C@@](C)(c3ccc(F)cc3)C1=O)C2. The Morgan fingerprint density at radius 2 is 1.86 bits per heavy atom. The largest absolute Gasteiger partial charge is 0.351 e. The van der Waals surface area contributed by atoms with Crippen LogP contribution in [0.3, 0.4) is 0 Å². The minimum absolute atomic E-state index is 0.0211. The summed E-state index contributed by atoms with van der Waals surface area (Å²) in [6.07, 6.45) is 3.18. The molecule has 0 radical (unpaired) electrons. The monoisotopic (exact) mass is 401 g/mol. The van der Waals surface area contributed by atoms with Crippen molar-refractivity contribution in [1.82, 2.24) is 15.5 Å². The van der Waals surface area contributed by atoms with Crippen LogP contribution < -0.4 is 10.6 Å². The number of imide groups is 1. The van der Waals surface area contributed by atoms with Gasteiger partial charge in [-0.3, -0.25) is 14.5 Å². The summed E-state index contributed by atoms with van der Waals surface area (Å²) in [7, 11) is 0. The van der Waals surface area contributed by atoms with E-state index in [1.54, 1.807) is 6.92 Å². The number of halogens is 1. The van der Waals surface area contributed by atoms with Crippen molar-refractivity contribution in [2.45, 2.75) is 58.5 Å². The molecule has 3 fully saturated rings. The molecule has 2 aliphatic carbocycles. The zero-order chi connectivity index (χ0) is 21.2. The van der Waals surface area contributed by atoms with E-state index in [0.717, 1.165) is 17.7 Å². The van der Waals surface area contributed by atoms with E-state index in [-0.39, 0.29) is 29.3 Å². The molecule has 4 rings (SSSR count). The lowest BCUT2D eigenvalue weighted by molar-refractivity contribution is -0.135. The molecule has 1 heterocycles. The number of benzene rings is 1. The van der Waals surface area contributed by atoms with Crippen LogP contribution in [0.15, 0.2) is 24.3 Å². The fourth-order valence-electron chi connectivity index (χ4n) is 5.63. The summed E-state index contributed by atoms with van der Waals surface area (Å²) in [4.78, 5) is 39.1. The van der Waals surface area contributed by atoms with Crippen LogP contribution in [0.4, 0.5) is 9.18 Å². The molecule has 1 saturated heterocycles.